The van der Waals surface area contributed by atoms with Gasteiger partial charge in [-0.15, -0.1) is 0 Å². The molecule has 1 aliphatic rings. The molecular weight excluding hydrogens is 329 g/mol. The molecule has 0 bridgehead atoms. The van der Waals surface area contributed by atoms with E-state index in [0.29, 0.717) is 6.54 Å². The third kappa shape index (κ3) is 3.48. The lowest BCUT2D eigenvalue weighted by atomic mass is 9.94. The minimum absolute atomic E-state index is 0.0467. The van der Waals surface area contributed by atoms with Crippen molar-refractivity contribution in [2.45, 2.75) is 23.8 Å². The average molecular weight is 347 g/mol. The van der Waals surface area contributed by atoms with Crippen LogP contribution in [0.25, 0.3) is 0 Å². The number of hydrogen-bond acceptors (Lipinski definition) is 3. The van der Waals surface area contributed by atoms with Crippen LogP contribution in [0.15, 0.2) is 59.5 Å². The van der Waals surface area contributed by atoms with E-state index in [9.17, 15) is 17.6 Å². The van der Waals surface area contributed by atoms with Crippen LogP contribution < -0.4 is 0 Å². The largest absolute Gasteiger partial charge is 0.335 e. The minimum Gasteiger partial charge on any atom is -0.335 e. The van der Waals surface area contributed by atoms with Gasteiger partial charge in [0.25, 0.3) is 0 Å². The van der Waals surface area contributed by atoms with Crippen molar-refractivity contribution in [1.82, 2.24) is 4.90 Å². The number of benzene rings is 2. The van der Waals surface area contributed by atoms with Crippen molar-refractivity contribution in [1.29, 1.82) is 0 Å². The molecule has 4 nitrogen and oxygen atoms in total. The molecule has 2 aromatic carbocycles. The molecule has 24 heavy (non-hydrogen) atoms. The summed E-state index contributed by atoms with van der Waals surface area (Å²) in [6, 6.07) is 14.1. The first-order valence-electron chi connectivity index (χ1n) is 7.80. The number of sulfone groups is 1. The number of carbonyl (C=O) groups is 1. The third-order valence-electron chi connectivity index (χ3n) is 4.28. The fourth-order valence-corrected chi connectivity index (χ4v) is 4.08. The Bertz CT molecular complexity index is 819. The van der Waals surface area contributed by atoms with Gasteiger partial charge in [0.1, 0.15) is 5.82 Å². The van der Waals surface area contributed by atoms with Crippen molar-refractivity contribution in [2.24, 2.45) is 0 Å². The van der Waals surface area contributed by atoms with Crippen molar-refractivity contribution in [3.63, 3.8) is 0 Å². The van der Waals surface area contributed by atoms with E-state index in [2.05, 4.69) is 0 Å². The number of rotatable bonds is 5. The van der Waals surface area contributed by atoms with E-state index in [1.165, 1.54) is 24.3 Å². The number of likely N-dealkylation sites (tertiary alicyclic amines) is 1. The Morgan fingerprint density at radius 3 is 2.33 bits per heavy atom. The number of carbonyl (C=O) groups excluding carboxylic acids is 1. The zero-order valence-electron chi connectivity index (χ0n) is 13.1. The Morgan fingerprint density at radius 1 is 1.08 bits per heavy atom. The standard InChI is InChI=1S/C18H18FNO3S/c19-15-8-6-14(7-9-15)17-10-12-20(17)18(21)11-13-24(22,23)16-4-2-1-3-5-16/h1-9,17H,10-13H2/t17-/m0/s1. The molecule has 1 fully saturated rings. The second kappa shape index (κ2) is 6.73. The van der Waals surface area contributed by atoms with Crippen molar-refractivity contribution < 1.29 is 17.6 Å². The molecule has 1 saturated heterocycles. The summed E-state index contributed by atoms with van der Waals surface area (Å²) in [7, 11) is -3.46. The topological polar surface area (TPSA) is 54.5 Å². The molecule has 0 radical (unpaired) electrons. The smallest absolute Gasteiger partial charge is 0.224 e. The van der Waals surface area contributed by atoms with Crippen LogP contribution in [0.1, 0.15) is 24.4 Å². The zero-order valence-corrected chi connectivity index (χ0v) is 13.9. The van der Waals surface area contributed by atoms with E-state index < -0.39 is 9.84 Å². The predicted octanol–water partition coefficient (Wildman–Crippen LogP) is 2.96. The summed E-state index contributed by atoms with van der Waals surface area (Å²) in [5.41, 5.74) is 0.877. The minimum atomic E-state index is -3.46. The molecule has 6 heteroatoms. The summed E-state index contributed by atoms with van der Waals surface area (Å²) < 4.78 is 37.5. The van der Waals surface area contributed by atoms with Crippen molar-refractivity contribution in [3.8, 4) is 0 Å². The lowest BCUT2D eigenvalue weighted by molar-refractivity contribution is -0.138. The Kier molecular flexibility index (Phi) is 4.66. The molecule has 0 N–H and O–H groups in total. The monoisotopic (exact) mass is 347 g/mol. The molecule has 1 aliphatic heterocycles. The molecule has 1 atom stereocenters. The SMILES string of the molecule is O=C(CCS(=O)(=O)c1ccccc1)N1CC[C@H]1c1ccc(F)cc1. The normalized spacial score (nSPS) is 17.4. The van der Waals surface area contributed by atoms with E-state index in [1.54, 1.807) is 35.2 Å². The van der Waals surface area contributed by atoms with Gasteiger partial charge >= 0.3 is 0 Å². The Hall–Kier alpha value is -2.21. The molecule has 126 valence electrons. The van der Waals surface area contributed by atoms with Crippen LogP contribution in [0, 0.1) is 5.82 Å². The van der Waals surface area contributed by atoms with Gasteiger partial charge in [0, 0.05) is 13.0 Å². The number of hydrogen-bond donors (Lipinski definition) is 0. The molecule has 1 heterocycles. The van der Waals surface area contributed by atoms with Gasteiger partial charge in [0.05, 0.1) is 16.7 Å². The second-order valence-electron chi connectivity index (χ2n) is 5.83. The summed E-state index contributed by atoms with van der Waals surface area (Å²) in [5.74, 6) is -0.706. The summed E-state index contributed by atoms with van der Waals surface area (Å²) in [6.45, 7) is 0.603. The van der Waals surface area contributed by atoms with Crippen LogP contribution >= 0.6 is 0 Å². The molecule has 0 spiro atoms. The molecule has 0 aromatic heterocycles. The van der Waals surface area contributed by atoms with Crippen LogP contribution in [-0.4, -0.2) is 31.5 Å². The first-order valence-corrected chi connectivity index (χ1v) is 9.45. The zero-order chi connectivity index (χ0) is 17.2. The maximum atomic E-state index is 13.0. The molecule has 0 unspecified atom stereocenters. The Morgan fingerprint density at radius 2 is 1.75 bits per heavy atom. The van der Waals surface area contributed by atoms with Crippen LogP contribution in [-0.2, 0) is 14.6 Å². The highest BCUT2D eigenvalue weighted by atomic mass is 32.2. The van der Waals surface area contributed by atoms with E-state index in [4.69, 9.17) is 0 Å². The van der Waals surface area contributed by atoms with Gasteiger partial charge in [0.2, 0.25) is 5.91 Å². The molecule has 3 rings (SSSR count). The van der Waals surface area contributed by atoms with Crippen molar-refractivity contribution >= 4 is 15.7 Å². The molecule has 1 amide bonds. The van der Waals surface area contributed by atoms with Gasteiger partial charge in [-0.2, -0.15) is 0 Å². The van der Waals surface area contributed by atoms with Gasteiger partial charge in [-0.05, 0) is 36.2 Å². The fraction of sp³-hybridized carbons (Fsp3) is 0.278. The first kappa shape index (κ1) is 16.6. The quantitative estimate of drug-likeness (QED) is 0.836. The fourth-order valence-electron chi connectivity index (χ4n) is 2.83. The Labute approximate surface area is 140 Å². The van der Waals surface area contributed by atoms with Crippen molar-refractivity contribution in [2.75, 3.05) is 12.3 Å². The van der Waals surface area contributed by atoms with Gasteiger partial charge in [-0.25, -0.2) is 12.8 Å². The van der Waals surface area contributed by atoms with E-state index >= 15 is 0 Å². The molecular formula is C18H18FNO3S. The maximum absolute atomic E-state index is 13.0. The van der Waals surface area contributed by atoms with Gasteiger partial charge < -0.3 is 4.90 Å². The van der Waals surface area contributed by atoms with Crippen molar-refractivity contribution in [3.05, 3.63) is 66.0 Å². The Balaban J connectivity index is 1.62. The summed E-state index contributed by atoms with van der Waals surface area (Å²) in [4.78, 5) is 14.2. The highest BCUT2D eigenvalue weighted by Crippen LogP contribution is 2.33. The lowest BCUT2D eigenvalue weighted by Gasteiger charge is -2.41. The van der Waals surface area contributed by atoms with Gasteiger partial charge in [-0.1, -0.05) is 30.3 Å². The summed E-state index contributed by atoms with van der Waals surface area (Å²) in [6.07, 6.45) is 0.762. The number of amides is 1. The van der Waals surface area contributed by atoms with E-state index in [1.807, 2.05) is 0 Å². The molecule has 2 aromatic rings. The van der Waals surface area contributed by atoms with Crippen LogP contribution in [0.4, 0.5) is 4.39 Å². The van der Waals surface area contributed by atoms with E-state index in [0.717, 1.165) is 12.0 Å². The van der Waals surface area contributed by atoms with Crippen LogP contribution in [0.2, 0.25) is 0 Å². The van der Waals surface area contributed by atoms with E-state index in [-0.39, 0.29) is 34.8 Å². The average Bonchev–Trinajstić information content (AvgIpc) is 2.55. The predicted molar refractivity (Wildman–Crippen MR) is 88.6 cm³/mol. The summed E-state index contributed by atoms with van der Waals surface area (Å²) >= 11 is 0. The molecule has 0 saturated carbocycles. The van der Waals surface area contributed by atoms with Crippen LogP contribution in [0.3, 0.4) is 0 Å². The highest BCUT2D eigenvalue weighted by Gasteiger charge is 2.33. The van der Waals surface area contributed by atoms with Gasteiger partial charge in [-0.3, -0.25) is 4.79 Å². The first-order chi connectivity index (χ1) is 11.5. The summed E-state index contributed by atoms with van der Waals surface area (Å²) in [5, 5.41) is 0. The maximum Gasteiger partial charge on any atom is 0.224 e. The molecule has 0 aliphatic carbocycles. The number of nitrogens with zero attached hydrogens (tertiary/aromatic N) is 1. The number of halogens is 1. The second-order valence-corrected chi connectivity index (χ2v) is 7.93. The highest BCUT2D eigenvalue weighted by molar-refractivity contribution is 7.91. The lowest BCUT2D eigenvalue weighted by Crippen LogP contribution is -2.45. The third-order valence-corrected chi connectivity index (χ3v) is 6.01. The van der Waals surface area contributed by atoms with Gasteiger partial charge in [0.15, 0.2) is 9.84 Å². The van der Waals surface area contributed by atoms with Crippen LogP contribution in [0.5, 0.6) is 0 Å².